The zero-order valence-electron chi connectivity index (χ0n) is 26.2. The largest absolute Gasteiger partial charge is 0.444 e. The minimum atomic E-state index is -1.13. The third-order valence-corrected chi connectivity index (χ3v) is 6.95. The number of aryl methyl sites for hydroxylation is 3. The number of para-hydroxylation sites is 1. The van der Waals surface area contributed by atoms with Gasteiger partial charge in [0.25, 0.3) is 5.91 Å². The maximum absolute atomic E-state index is 14.3. The van der Waals surface area contributed by atoms with Crippen molar-refractivity contribution in [3.63, 3.8) is 0 Å². The number of hydrogen-bond donors (Lipinski definition) is 3. The number of primary amides is 1. The van der Waals surface area contributed by atoms with E-state index in [0.717, 1.165) is 36.0 Å². The Morgan fingerprint density at radius 3 is 2.10 bits per heavy atom. The van der Waals surface area contributed by atoms with E-state index in [1.165, 1.54) is 4.90 Å². The number of hydrogen-bond acceptors (Lipinski definition) is 5. The highest BCUT2D eigenvalue weighted by Crippen LogP contribution is 2.28. The maximum Gasteiger partial charge on any atom is 0.408 e. The van der Waals surface area contributed by atoms with Crippen LogP contribution in [0.4, 0.5) is 10.5 Å². The van der Waals surface area contributed by atoms with Crippen LogP contribution in [-0.2, 0) is 25.5 Å². The van der Waals surface area contributed by atoms with Gasteiger partial charge in [-0.2, -0.15) is 0 Å². The minimum Gasteiger partial charge on any atom is -0.444 e. The number of ether oxygens (including phenoxy) is 1. The van der Waals surface area contributed by atoms with Gasteiger partial charge in [0.2, 0.25) is 11.8 Å². The van der Waals surface area contributed by atoms with Crippen molar-refractivity contribution in [1.29, 1.82) is 0 Å². The summed E-state index contributed by atoms with van der Waals surface area (Å²) in [5, 5.41) is 5.71. The number of nitrogens with one attached hydrogen (secondary N) is 2. The van der Waals surface area contributed by atoms with E-state index in [2.05, 4.69) is 17.6 Å². The predicted octanol–water partition coefficient (Wildman–Crippen LogP) is 5.72. The highest BCUT2D eigenvalue weighted by molar-refractivity contribution is 6.00. The molecule has 2 aromatic carbocycles. The van der Waals surface area contributed by atoms with E-state index in [0.29, 0.717) is 17.7 Å². The average molecular weight is 581 g/mol. The second kappa shape index (κ2) is 15.9. The molecule has 0 bridgehead atoms. The van der Waals surface area contributed by atoms with Gasteiger partial charge in [-0.25, -0.2) is 4.79 Å². The maximum atomic E-state index is 14.3. The van der Waals surface area contributed by atoms with Crippen molar-refractivity contribution in [3.8, 4) is 0 Å². The Bertz CT molecular complexity index is 1200. The summed E-state index contributed by atoms with van der Waals surface area (Å²) in [4.78, 5) is 54.4. The van der Waals surface area contributed by atoms with Crippen LogP contribution in [0, 0.1) is 13.8 Å². The summed E-state index contributed by atoms with van der Waals surface area (Å²) in [6, 6.07) is 11.3. The summed E-state index contributed by atoms with van der Waals surface area (Å²) < 4.78 is 5.41. The van der Waals surface area contributed by atoms with Gasteiger partial charge in [0, 0.05) is 18.7 Å². The summed E-state index contributed by atoms with van der Waals surface area (Å²) in [5.74, 6) is -1.46. The Labute approximate surface area is 250 Å². The highest BCUT2D eigenvalue weighted by atomic mass is 16.6. The lowest BCUT2D eigenvalue weighted by molar-refractivity contribution is -0.141. The number of rotatable bonds is 14. The van der Waals surface area contributed by atoms with Gasteiger partial charge in [-0.15, -0.1) is 0 Å². The predicted molar refractivity (Wildman–Crippen MR) is 166 cm³/mol. The third-order valence-electron chi connectivity index (χ3n) is 6.95. The van der Waals surface area contributed by atoms with E-state index < -0.39 is 35.6 Å². The molecule has 230 valence electrons. The second-order valence-electron chi connectivity index (χ2n) is 11.7. The summed E-state index contributed by atoms with van der Waals surface area (Å²) in [7, 11) is 0. The molecule has 2 unspecified atom stereocenters. The molecule has 0 radical (unpaired) electrons. The second-order valence-corrected chi connectivity index (χ2v) is 11.7. The zero-order valence-corrected chi connectivity index (χ0v) is 26.2. The normalized spacial score (nSPS) is 12.6. The van der Waals surface area contributed by atoms with E-state index in [-0.39, 0.29) is 25.3 Å². The van der Waals surface area contributed by atoms with E-state index in [9.17, 15) is 19.2 Å². The van der Waals surface area contributed by atoms with E-state index in [1.54, 1.807) is 20.8 Å². The first kappa shape index (κ1) is 34.3. The van der Waals surface area contributed by atoms with Crippen LogP contribution < -0.4 is 16.4 Å². The van der Waals surface area contributed by atoms with Gasteiger partial charge >= 0.3 is 6.09 Å². The van der Waals surface area contributed by atoms with E-state index >= 15 is 0 Å². The first-order valence-electron chi connectivity index (χ1n) is 14.8. The van der Waals surface area contributed by atoms with Gasteiger partial charge in [-0.1, -0.05) is 69.2 Å². The molecule has 0 fully saturated rings. The van der Waals surface area contributed by atoms with Crippen molar-refractivity contribution in [3.05, 3.63) is 64.7 Å². The molecule has 9 heteroatoms. The van der Waals surface area contributed by atoms with Crippen LogP contribution in [0.15, 0.2) is 42.5 Å². The molecular weight excluding hydrogens is 532 g/mol. The van der Waals surface area contributed by atoms with Gasteiger partial charge in [-0.3, -0.25) is 14.4 Å². The number of carbonyl (C=O) groups excluding carboxylic acids is 4. The molecule has 4 amide bonds. The number of carbonyl (C=O) groups is 4. The van der Waals surface area contributed by atoms with Crippen LogP contribution in [-0.4, -0.2) is 46.9 Å². The number of alkyl carbamates (subject to hydrolysis) is 1. The molecule has 0 spiro atoms. The molecule has 4 N–H and O–H groups in total. The standard InChI is InChI=1S/C33H48N4O5/c1-8-10-11-21-37(31(40)26(19-20-27(34)38)35-32(41)42-33(5,6)7)29(25-17-15-24(9-2)16-18-25)30(39)36-28-22(3)13-12-14-23(28)4/h12-18,26,29H,8-11,19-21H2,1-7H3,(H2,34,38)(H,35,41)(H,36,39). The summed E-state index contributed by atoms with van der Waals surface area (Å²) in [6.45, 7) is 13.4. The Balaban J connectivity index is 2.60. The monoisotopic (exact) mass is 580 g/mol. The molecule has 0 aliphatic heterocycles. The zero-order chi connectivity index (χ0) is 31.4. The first-order chi connectivity index (χ1) is 19.8. The Morgan fingerprint density at radius 1 is 0.952 bits per heavy atom. The quantitative estimate of drug-likeness (QED) is 0.246. The van der Waals surface area contributed by atoms with Crippen LogP contribution in [0.1, 0.15) is 95.0 Å². The SMILES string of the molecule is CCCCCN(C(=O)C(CCC(N)=O)NC(=O)OC(C)(C)C)C(C(=O)Nc1c(C)cccc1C)c1ccc(CC)cc1. The van der Waals surface area contributed by atoms with Gasteiger partial charge in [0.15, 0.2) is 0 Å². The lowest BCUT2D eigenvalue weighted by Gasteiger charge is -2.35. The smallest absolute Gasteiger partial charge is 0.408 e. The van der Waals surface area contributed by atoms with Crippen molar-refractivity contribution in [2.75, 3.05) is 11.9 Å². The number of nitrogens with two attached hydrogens (primary N) is 1. The van der Waals surface area contributed by atoms with Crippen molar-refractivity contribution >= 4 is 29.5 Å². The molecule has 0 aliphatic rings. The first-order valence-corrected chi connectivity index (χ1v) is 14.8. The van der Waals surface area contributed by atoms with Gasteiger partial charge < -0.3 is 26.0 Å². The van der Waals surface area contributed by atoms with Crippen LogP contribution >= 0.6 is 0 Å². The molecule has 0 saturated carbocycles. The third kappa shape index (κ3) is 10.5. The molecule has 9 nitrogen and oxygen atoms in total. The number of nitrogens with zero attached hydrogens (tertiary/aromatic N) is 1. The molecule has 0 aliphatic carbocycles. The Morgan fingerprint density at radius 2 is 1.57 bits per heavy atom. The fourth-order valence-electron chi connectivity index (χ4n) is 4.70. The van der Waals surface area contributed by atoms with E-state index in [1.807, 2.05) is 63.2 Å². The summed E-state index contributed by atoms with van der Waals surface area (Å²) in [6.07, 6.45) is 2.29. The van der Waals surface area contributed by atoms with E-state index in [4.69, 9.17) is 10.5 Å². The fourth-order valence-corrected chi connectivity index (χ4v) is 4.70. The summed E-state index contributed by atoms with van der Waals surface area (Å²) in [5.41, 5.74) is 8.86. The molecular formula is C33H48N4O5. The van der Waals surface area contributed by atoms with Gasteiger partial charge in [-0.05, 0) is 76.1 Å². The van der Waals surface area contributed by atoms with Crippen molar-refractivity contribution in [2.45, 2.75) is 105 Å². The van der Waals surface area contributed by atoms with Crippen LogP contribution in [0.5, 0.6) is 0 Å². The van der Waals surface area contributed by atoms with Crippen LogP contribution in [0.3, 0.4) is 0 Å². The number of unbranched alkanes of at least 4 members (excludes halogenated alkanes) is 2. The highest BCUT2D eigenvalue weighted by Gasteiger charge is 2.36. The Hall–Kier alpha value is -3.88. The van der Waals surface area contributed by atoms with Crippen molar-refractivity contribution in [1.82, 2.24) is 10.2 Å². The van der Waals surface area contributed by atoms with Crippen LogP contribution in [0.25, 0.3) is 0 Å². The molecule has 0 heterocycles. The van der Waals surface area contributed by atoms with Crippen molar-refractivity contribution in [2.24, 2.45) is 5.73 Å². The number of amides is 4. The summed E-state index contributed by atoms with van der Waals surface area (Å²) >= 11 is 0. The molecule has 42 heavy (non-hydrogen) atoms. The molecule has 2 rings (SSSR count). The molecule has 2 aromatic rings. The van der Waals surface area contributed by atoms with Crippen molar-refractivity contribution < 1.29 is 23.9 Å². The topological polar surface area (TPSA) is 131 Å². The van der Waals surface area contributed by atoms with Crippen LogP contribution in [0.2, 0.25) is 0 Å². The minimum absolute atomic E-state index is 0.0301. The lowest BCUT2D eigenvalue weighted by Crippen LogP contribution is -2.53. The molecule has 2 atom stereocenters. The fraction of sp³-hybridized carbons (Fsp3) is 0.515. The Kier molecular flexibility index (Phi) is 13.0. The molecule has 0 aromatic heterocycles. The van der Waals surface area contributed by atoms with Gasteiger partial charge in [0.1, 0.15) is 17.7 Å². The number of benzene rings is 2. The number of anilines is 1. The van der Waals surface area contributed by atoms with Gasteiger partial charge in [0.05, 0.1) is 0 Å². The lowest BCUT2D eigenvalue weighted by atomic mass is 9.98. The average Bonchev–Trinajstić information content (AvgIpc) is 2.91. The molecule has 0 saturated heterocycles.